The summed E-state index contributed by atoms with van der Waals surface area (Å²) in [5.41, 5.74) is -0.644. The van der Waals surface area contributed by atoms with E-state index < -0.39 is 63.3 Å². The Labute approximate surface area is 232 Å². The minimum absolute atomic E-state index is 0.0248. The first-order chi connectivity index (χ1) is 18.2. The van der Waals surface area contributed by atoms with Gasteiger partial charge in [-0.3, -0.25) is 14.4 Å². The molecule has 3 aliphatic rings. The summed E-state index contributed by atoms with van der Waals surface area (Å²) in [6, 6.07) is 0.154. The highest BCUT2D eigenvalue weighted by molar-refractivity contribution is 7.88. The molecule has 2 amide bonds. The van der Waals surface area contributed by atoms with Crippen molar-refractivity contribution in [3.63, 3.8) is 0 Å². The van der Waals surface area contributed by atoms with Crippen LogP contribution in [0.3, 0.4) is 0 Å². The molecule has 1 unspecified atom stereocenters. The molecule has 0 bridgehead atoms. The molecule has 0 aromatic carbocycles. The van der Waals surface area contributed by atoms with Gasteiger partial charge < -0.3 is 15.2 Å². The average Bonchev–Trinajstić information content (AvgIpc) is 3.14. The molecule has 0 radical (unpaired) electrons. The number of hydrogen-bond acceptors (Lipinski definition) is 6. The van der Waals surface area contributed by atoms with Crippen LogP contribution in [0.1, 0.15) is 57.9 Å². The molecule has 2 aliphatic carbocycles. The monoisotopic (exact) mass is 581 g/mol. The van der Waals surface area contributed by atoms with E-state index in [9.17, 15) is 36.8 Å². The summed E-state index contributed by atoms with van der Waals surface area (Å²) < 4.78 is 54.4. The van der Waals surface area contributed by atoms with E-state index in [1.165, 1.54) is 11.0 Å². The van der Waals surface area contributed by atoms with Crippen LogP contribution in [-0.4, -0.2) is 67.0 Å². The van der Waals surface area contributed by atoms with Crippen molar-refractivity contribution in [1.82, 2.24) is 19.9 Å². The number of aromatic nitrogens is 1. The predicted octanol–water partition coefficient (Wildman–Crippen LogP) is 1.50. The highest BCUT2D eigenvalue weighted by Crippen LogP contribution is 2.65. The van der Waals surface area contributed by atoms with Crippen LogP contribution in [0.5, 0.6) is 0 Å². The van der Waals surface area contributed by atoms with E-state index in [2.05, 4.69) is 15.0 Å². The number of hydrogen-bond donors (Lipinski definition) is 3. The number of fused-ring (bicyclic) bond motifs is 2. The quantitative estimate of drug-likeness (QED) is 0.444. The second-order valence-corrected chi connectivity index (χ2v) is 14.9. The van der Waals surface area contributed by atoms with E-state index >= 15 is 0 Å². The number of nitrogens with zero attached hydrogens (tertiary/aromatic N) is 2. The molecule has 2 heterocycles. The standard InChI is InChI=1S/C27H37F2N5O5S/c1-25(2,3)21(33-40(6,38)39)24(37)34-13-17-19(26(17,4)5)20(34)23(36)31-16(12-30)10-14-9-15-11-27(28,29)8-7-18(15)32-22(14)35/h9,16-17,19-21,33H,7-8,10-11,13H2,1-6H3,(H,31,36)(H,32,35)/t16?,17-,19+,20-,21+/m0/s1. The maximum Gasteiger partial charge on any atom is 0.252 e. The first-order valence-electron chi connectivity index (χ1n) is 13.3. The molecule has 1 aromatic rings. The number of carbonyl (C=O) groups is 2. The van der Waals surface area contributed by atoms with Crippen LogP contribution in [0.4, 0.5) is 8.78 Å². The minimum Gasteiger partial charge on any atom is -0.338 e. The lowest BCUT2D eigenvalue weighted by Crippen LogP contribution is -2.59. The maximum absolute atomic E-state index is 13.9. The number of aromatic amines is 1. The maximum atomic E-state index is 13.9. The smallest absolute Gasteiger partial charge is 0.252 e. The Kier molecular flexibility index (Phi) is 7.46. The Morgan fingerprint density at radius 1 is 1.30 bits per heavy atom. The Bertz CT molecular complexity index is 1430. The zero-order chi connectivity index (χ0) is 30.0. The molecular weight excluding hydrogens is 544 g/mol. The van der Waals surface area contributed by atoms with Crippen molar-refractivity contribution < 1.29 is 26.8 Å². The van der Waals surface area contributed by atoms with Crippen molar-refractivity contribution in [1.29, 1.82) is 5.26 Å². The van der Waals surface area contributed by atoms with Gasteiger partial charge in [-0.25, -0.2) is 21.9 Å². The molecule has 0 spiro atoms. The van der Waals surface area contributed by atoms with Crippen LogP contribution < -0.4 is 15.6 Å². The van der Waals surface area contributed by atoms with E-state index in [1.807, 2.05) is 19.9 Å². The number of amides is 2. The Hall–Kier alpha value is -2.85. The molecule has 1 saturated heterocycles. The van der Waals surface area contributed by atoms with E-state index in [1.54, 1.807) is 20.8 Å². The molecule has 3 N–H and O–H groups in total. The van der Waals surface area contributed by atoms with Gasteiger partial charge in [0.05, 0.1) is 12.3 Å². The van der Waals surface area contributed by atoms with E-state index in [4.69, 9.17) is 0 Å². The molecule has 4 rings (SSSR count). The lowest BCUT2D eigenvalue weighted by atomic mass is 9.86. The number of nitrogens with one attached hydrogen (secondary N) is 3. The van der Waals surface area contributed by atoms with Crippen molar-refractivity contribution in [3.8, 4) is 6.07 Å². The molecule has 1 aliphatic heterocycles. The number of likely N-dealkylation sites (tertiary alicyclic amines) is 1. The number of nitriles is 1. The topological polar surface area (TPSA) is 152 Å². The zero-order valence-electron chi connectivity index (χ0n) is 23.6. The highest BCUT2D eigenvalue weighted by atomic mass is 32.2. The first-order valence-corrected chi connectivity index (χ1v) is 15.2. The molecule has 1 saturated carbocycles. The van der Waals surface area contributed by atoms with Gasteiger partial charge in [0.25, 0.3) is 11.5 Å². The van der Waals surface area contributed by atoms with Crippen LogP contribution in [0.2, 0.25) is 0 Å². The second-order valence-electron chi connectivity index (χ2n) is 13.1. The number of halogens is 2. The van der Waals surface area contributed by atoms with Gasteiger partial charge in [0, 0.05) is 37.1 Å². The number of sulfonamides is 1. The largest absolute Gasteiger partial charge is 0.338 e. The van der Waals surface area contributed by atoms with Gasteiger partial charge in [0.2, 0.25) is 21.8 Å². The van der Waals surface area contributed by atoms with Crippen molar-refractivity contribution in [2.24, 2.45) is 22.7 Å². The van der Waals surface area contributed by atoms with Crippen molar-refractivity contribution in [3.05, 3.63) is 33.2 Å². The van der Waals surface area contributed by atoms with Crippen LogP contribution in [-0.2, 0) is 38.9 Å². The highest BCUT2D eigenvalue weighted by Gasteiger charge is 2.69. The summed E-state index contributed by atoms with van der Waals surface area (Å²) in [6.07, 6.45) is -0.0475. The van der Waals surface area contributed by atoms with Crippen molar-refractivity contribution in [2.75, 3.05) is 12.8 Å². The minimum atomic E-state index is -3.74. The van der Waals surface area contributed by atoms with Crippen LogP contribution in [0.25, 0.3) is 0 Å². The number of alkyl halides is 2. The van der Waals surface area contributed by atoms with E-state index in [0.29, 0.717) is 11.3 Å². The first kappa shape index (κ1) is 30.1. The van der Waals surface area contributed by atoms with Gasteiger partial charge >= 0.3 is 0 Å². The van der Waals surface area contributed by atoms with Gasteiger partial charge in [0.1, 0.15) is 18.1 Å². The number of aryl methyl sites for hydroxylation is 1. The fraction of sp³-hybridized carbons (Fsp3) is 0.704. The fourth-order valence-corrected chi connectivity index (χ4v) is 7.15. The van der Waals surface area contributed by atoms with Crippen molar-refractivity contribution in [2.45, 2.75) is 84.4 Å². The van der Waals surface area contributed by atoms with Gasteiger partial charge in [-0.1, -0.05) is 34.6 Å². The SMILES string of the molecule is CC(C)(C)[C@H](NS(C)(=O)=O)C(=O)N1C[C@H]2[C@H]([C@H]1C(=O)NC(C#N)Cc1cc3c([nH]c1=O)CCC(F)(F)C3)C2(C)C. The number of rotatable bonds is 7. The van der Waals surface area contributed by atoms with Gasteiger partial charge in [0.15, 0.2) is 0 Å². The number of H-pyrrole nitrogens is 1. The summed E-state index contributed by atoms with van der Waals surface area (Å²) in [6.45, 7) is 9.42. The lowest BCUT2D eigenvalue weighted by Gasteiger charge is -2.37. The molecule has 5 atom stereocenters. The molecule has 40 heavy (non-hydrogen) atoms. The molecule has 220 valence electrons. The predicted molar refractivity (Wildman–Crippen MR) is 143 cm³/mol. The Morgan fingerprint density at radius 3 is 2.52 bits per heavy atom. The third-order valence-electron chi connectivity index (χ3n) is 8.58. The Balaban J connectivity index is 1.56. The third-order valence-corrected chi connectivity index (χ3v) is 9.25. The summed E-state index contributed by atoms with van der Waals surface area (Å²) in [5, 5.41) is 12.5. The third kappa shape index (κ3) is 5.93. The van der Waals surface area contributed by atoms with Gasteiger partial charge in [-0.2, -0.15) is 5.26 Å². The molecular formula is C27H37F2N5O5S. The van der Waals surface area contributed by atoms with Crippen LogP contribution in [0.15, 0.2) is 10.9 Å². The van der Waals surface area contributed by atoms with Gasteiger partial charge in [-0.15, -0.1) is 0 Å². The molecule has 1 aromatic heterocycles. The van der Waals surface area contributed by atoms with Crippen LogP contribution in [0, 0.1) is 34.0 Å². The number of piperidine rings is 1. The molecule has 2 fully saturated rings. The number of carbonyl (C=O) groups excluding carboxylic acids is 2. The summed E-state index contributed by atoms with van der Waals surface area (Å²) in [4.78, 5) is 44.0. The normalized spacial score (nSPS) is 26.2. The zero-order valence-corrected chi connectivity index (χ0v) is 24.4. The average molecular weight is 582 g/mol. The summed E-state index contributed by atoms with van der Waals surface area (Å²) >= 11 is 0. The summed E-state index contributed by atoms with van der Waals surface area (Å²) in [7, 11) is -3.74. The lowest BCUT2D eigenvalue weighted by molar-refractivity contribution is -0.143. The van der Waals surface area contributed by atoms with E-state index in [0.717, 1.165) is 6.26 Å². The van der Waals surface area contributed by atoms with Gasteiger partial charge in [-0.05, 0) is 40.7 Å². The second kappa shape index (κ2) is 9.91. The number of pyridine rings is 1. The molecule has 10 nitrogen and oxygen atoms in total. The van der Waals surface area contributed by atoms with Crippen LogP contribution >= 0.6 is 0 Å². The summed E-state index contributed by atoms with van der Waals surface area (Å²) in [5.74, 6) is -4.15. The van der Waals surface area contributed by atoms with Crippen molar-refractivity contribution >= 4 is 21.8 Å². The van der Waals surface area contributed by atoms with E-state index in [-0.39, 0.29) is 48.6 Å². The Morgan fingerprint density at radius 2 is 1.95 bits per heavy atom. The fourth-order valence-electron chi connectivity index (χ4n) is 6.26. The molecule has 13 heteroatoms.